The zero-order valence-corrected chi connectivity index (χ0v) is 11.4. The third-order valence-electron chi connectivity index (χ3n) is 3.84. The first-order valence-electron chi connectivity index (χ1n) is 6.61. The molecule has 0 aromatic heterocycles. The van der Waals surface area contributed by atoms with Gasteiger partial charge in [-0.25, -0.2) is 0 Å². The van der Waals surface area contributed by atoms with E-state index in [2.05, 4.69) is 0 Å². The van der Waals surface area contributed by atoms with Gasteiger partial charge in [0.15, 0.2) is 0 Å². The zero-order chi connectivity index (χ0) is 15.8. The first-order chi connectivity index (χ1) is 9.60. The van der Waals surface area contributed by atoms with Crippen molar-refractivity contribution in [1.29, 1.82) is 0 Å². The Hall–Kier alpha value is -1.24. The molecule has 1 aromatic carbocycles. The molecule has 0 amide bonds. The van der Waals surface area contributed by atoms with E-state index in [9.17, 15) is 26.3 Å². The van der Waals surface area contributed by atoms with E-state index >= 15 is 0 Å². The highest BCUT2D eigenvalue weighted by molar-refractivity contribution is 5.39. The molecule has 2 rings (SSSR count). The summed E-state index contributed by atoms with van der Waals surface area (Å²) in [6, 6.07) is 2.23. The van der Waals surface area contributed by atoms with Gasteiger partial charge >= 0.3 is 12.4 Å². The summed E-state index contributed by atoms with van der Waals surface area (Å²) >= 11 is 0. The van der Waals surface area contributed by atoms with E-state index < -0.39 is 29.0 Å². The van der Waals surface area contributed by atoms with E-state index in [1.165, 1.54) is 0 Å². The van der Waals surface area contributed by atoms with Gasteiger partial charge in [0.05, 0.1) is 11.1 Å². The Morgan fingerprint density at radius 2 is 1.57 bits per heavy atom. The molecular weight excluding hydrogens is 296 g/mol. The van der Waals surface area contributed by atoms with Crippen LogP contribution in [0.1, 0.15) is 36.5 Å². The summed E-state index contributed by atoms with van der Waals surface area (Å²) in [7, 11) is 0. The molecule has 0 aliphatic carbocycles. The number of nitrogens with zero attached hydrogens (tertiary/aromatic N) is 1. The molecule has 118 valence electrons. The van der Waals surface area contributed by atoms with Crippen molar-refractivity contribution in [2.45, 2.75) is 44.7 Å². The van der Waals surface area contributed by atoms with E-state index in [1.54, 1.807) is 4.90 Å². The third kappa shape index (κ3) is 3.51. The molecule has 1 fully saturated rings. The van der Waals surface area contributed by atoms with Crippen LogP contribution in [-0.2, 0) is 18.9 Å². The Bertz CT molecular complexity index is 473. The van der Waals surface area contributed by atoms with Crippen LogP contribution in [-0.4, -0.2) is 17.5 Å². The minimum absolute atomic E-state index is 0.00706. The van der Waals surface area contributed by atoms with Gasteiger partial charge in [-0.05, 0) is 44.0 Å². The molecule has 1 atom stereocenters. The van der Waals surface area contributed by atoms with E-state index in [0.29, 0.717) is 18.7 Å². The third-order valence-corrected chi connectivity index (χ3v) is 3.84. The smallest absolute Gasteiger partial charge is 0.296 e. The molecule has 1 heterocycles. The van der Waals surface area contributed by atoms with Crippen LogP contribution in [0.2, 0.25) is 0 Å². The highest BCUT2D eigenvalue weighted by Gasteiger charge is 2.41. The predicted molar refractivity (Wildman–Crippen MR) is 65.6 cm³/mol. The fourth-order valence-corrected chi connectivity index (χ4v) is 2.72. The number of hydrogen-bond acceptors (Lipinski definition) is 1. The van der Waals surface area contributed by atoms with Crippen molar-refractivity contribution in [2.24, 2.45) is 0 Å². The summed E-state index contributed by atoms with van der Waals surface area (Å²) in [5.74, 6) is 0. The lowest BCUT2D eigenvalue weighted by Gasteiger charge is -2.25. The average molecular weight is 311 g/mol. The second kappa shape index (κ2) is 5.51. The van der Waals surface area contributed by atoms with Crippen LogP contribution in [0.4, 0.5) is 26.3 Å². The molecule has 0 unspecified atom stereocenters. The van der Waals surface area contributed by atoms with Crippen molar-refractivity contribution in [3.63, 3.8) is 0 Å². The lowest BCUT2D eigenvalue weighted by atomic mass is 9.99. The summed E-state index contributed by atoms with van der Waals surface area (Å²) in [5.41, 5.74) is -3.07. The van der Waals surface area contributed by atoms with E-state index in [1.807, 2.05) is 6.92 Å². The quantitative estimate of drug-likeness (QED) is 0.715. The monoisotopic (exact) mass is 311 g/mol. The number of alkyl halides is 6. The summed E-state index contributed by atoms with van der Waals surface area (Å²) in [6.45, 7) is 2.01. The molecule has 1 aliphatic heterocycles. The van der Waals surface area contributed by atoms with Gasteiger partial charge in [0, 0.05) is 12.6 Å². The Morgan fingerprint density at radius 3 is 1.95 bits per heavy atom. The standard InChI is InChI=1S/C14H15F6N/c1-9-4-3-7-21(9)8-10-11(13(15,16)17)5-2-6-12(10)14(18,19)20/h2,5-6,9H,3-4,7-8H2,1H3/t9-/m1/s1. The molecule has 0 radical (unpaired) electrons. The van der Waals surface area contributed by atoms with Gasteiger partial charge in [-0.3, -0.25) is 4.90 Å². The summed E-state index contributed by atoms with van der Waals surface area (Å²) < 4.78 is 78.0. The molecule has 0 bridgehead atoms. The second-order valence-corrected chi connectivity index (χ2v) is 5.29. The first kappa shape index (κ1) is 16.1. The fraction of sp³-hybridized carbons (Fsp3) is 0.571. The minimum Gasteiger partial charge on any atom is -0.296 e. The van der Waals surface area contributed by atoms with Crippen LogP contribution in [0.25, 0.3) is 0 Å². The van der Waals surface area contributed by atoms with Crippen LogP contribution in [0.5, 0.6) is 0 Å². The van der Waals surface area contributed by atoms with Crippen molar-refractivity contribution >= 4 is 0 Å². The van der Waals surface area contributed by atoms with Crippen LogP contribution in [0, 0.1) is 0 Å². The summed E-state index contributed by atoms with van der Waals surface area (Å²) in [5, 5.41) is 0. The first-order valence-corrected chi connectivity index (χ1v) is 6.61. The highest BCUT2D eigenvalue weighted by Crippen LogP contribution is 2.40. The summed E-state index contributed by atoms with van der Waals surface area (Å²) in [4.78, 5) is 1.67. The number of rotatable bonds is 2. The minimum atomic E-state index is -4.79. The largest absolute Gasteiger partial charge is 0.416 e. The van der Waals surface area contributed by atoms with Gasteiger partial charge in [-0.15, -0.1) is 0 Å². The maximum Gasteiger partial charge on any atom is 0.416 e. The number of halogens is 6. The van der Waals surface area contributed by atoms with Gasteiger partial charge in [-0.2, -0.15) is 26.3 Å². The lowest BCUT2D eigenvalue weighted by Crippen LogP contribution is -2.29. The SMILES string of the molecule is C[C@@H]1CCCN1Cc1c(C(F)(F)F)cccc1C(F)(F)F. The molecule has 7 heteroatoms. The van der Waals surface area contributed by atoms with Crippen LogP contribution >= 0.6 is 0 Å². The molecule has 1 aromatic rings. The van der Waals surface area contributed by atoms with Crippen molar-refractivity contribution in [3.8, 4) is 0 Å². The van der Waals surface area contributed by atoms with E-state index in [-0.39, 0.29) is 12.6 Å². The van der Waals surface area contributed by atoms with Crippen molar-refractivity contribution in [1.82, 2.24) is 4.90 Å². The van der Waals surface area contributed by atoms with Gasteiger partial charge in [0.1, 0.15) is 0 Å². The molecule has 1 nitrogen and oxygen atoms in total. The molecule has 1 saturated heterocycles. The Kier molecular flexibility index (Phi) is 4.24. The topological polar surface area (TPSA) is 3.24 Å². The second-order valence-electron chi connectivity index (χ2n) is 5.29. The normalized spacial score (nSPS) is 21.0. The summed E-state index contributed by atoms with van der Waals surface area (Å²) in [6.07, 6.45) is -8.01. The molecule has 0 spiro atoms. The van der Waals surface area contributed by atoms with Gasteiger partial charge in [0.25, 0.3) is 0 Å². The van der Waals surface area contributed by atoms with Gasteiger partial charge in [0.2, 0.25) is 0 Å². The van der Waals surface area contributed by atoms with Crippen molar-refractivity contribution in [3.05, 3.63) is 34.9 Å². The van der Waals surface area contributed by atoms with Gasteiger partial charge in [-0.1, -0.05) is 6.07 Å². The number of hydrogen-bond donors (Lipinski definition) is 0. The van der Waals surface area contributed by atoms with Crippen molar-refractivity contribution < 1.29 is 26.3 Å². The Morgan fingerprint density at radius 1 is 1.05 bits per heavy atom. The predicted octanol–water partition coefficient (Wildman–Crippen LogP) is 4.71. The lowest BCUT2D eigenvalue weighted by molar-refractivity contribution is -0.144. The number of benzene rings is 1. The Balaban J connectivity index is 2.48. The highest BCUT2D eigenvalue weighted by atomic mass is 19.4. The molecule has 21 heavy (non-hydrogen) atoms. The fourth-order valence-electron chi connectivity index (χ4n) is 2.72. The molecular formula is C14H15F6N. The maximum atomic E-state index is 13.0. The number of likely N-dealkylation sites (tertiary alicyclic amines) is 1. The van der Waals surface area contributed by atoms with Crippen molar-refractivity contribution in [2.75, 3.05) is 6.54 Å². The van der Waals surface area contributed by atoms with Gasteiger partial charge < -0.3 is 0 Å². The maximum absolute atomic E-state index is 13.0. The molecule has 0 saturated carbocycles. The van der Waals surface area contributed by atoms with Crippen LogP contribution < -0.4 is 0 Å². The average Bonchev–Trinajstić information content (AvgIpc) is 2.72. The van der Waals surface area contributed by atoms with Crippen LogP contribution in [0.3, 0.4) is 0 Å². The van der Waals surface area contributed by atoms with Crippen LogP contribution in [0.15, 0.2) is 18.2 Å². The molecule has 0 N–H and O–H groups in total. The van der Waals surface area contributed by atoms with E-state index in [0.717, 1.165) is 18.9 Å². The zero-order valence-electron chi connectivity index (χ0n) is 11.4. The molecule has 1 aliphatic rings. The Labute approximate surface area is 118 Å². The van der Waals surface area contributed by atoms with E-state index in [4.69, 9.17) is 0 Å².